The maximum absolute atomic E-state index is 14.6. The van der Waals surface area contributed by atoms with Gasteiger partial charge in [-0.05, 0) is 79.3 Å². The molecule has 1 saturated carbocycles. The average molecular weight is 503 g/mol. The van der Waals surface area contributed by atoms with Gasteiger partial charge in [-0.15, -0.1) is 13.2 Å². The van der Waals surface area contributed by atoms with Crippen LogP contribution >= 0.6 is 0 Å². The van der Waals surface area contributed by atoms with E-state index in [4.69, 9.17) is 0 Å². The van der Waals surface area contributed by atoms with E-state index in [0.29, 0.717) is 11.5 Å². The summed E-state index contributed by atoms with van der Waals surface area (Å²) in [5.74, 6) is -0.515. The highest BCUT2D eigenvalue weighted by Gasteiger charge is 2.36. The fourth-order valence-corrected chi connectivity index (χ4v) is 4.72. The predicted octanol–water partition coefficient (Wildman–Crippen LogP) is 8.89. The van der Waals surface area contributed by atoms with Gasteiger partial charge in [-0.2, -0.15) is 8.78 Å². The lowest BCUT2D eigenvalue weighted by molar-refractivity contribution is -0.274. The Hall–Kier alpha value is -2.22. The standard InChI is InChI=1S/C27H32F6O2/c1-2-3-4-5-19-6-10-21(11-7-19)22-12-15-24(25(28)18-22)26(29,30)34-17-16-20-8-13-23(14-9-20)35-27(31,32)33/h8-9,12-15,18-19,21H,2-7,10-11,16-17H2,1H3/t19-,21-. The van der Waals surface area contributed by atoms with Crippen molar-refractivity contribution in [2.24, 2.45) is 5.92 Å². The Morgan fingerprint density at radius 3 is 2.17 bits per heavy atom. The third-order valence-corrected chi connectivity index (χ3v) is 6.67. The minimum Gasteiger partial charge on any atom is -0.406 e. The Morgan fingerprint density at radius 1 is 0.886 bits per heavy atom. The van der Waals surface area contributed by atoms with Crippen LogP contribution in [0.3, 0.4) is 0 Å². The summed E-state index contributed by atoms with van der Waals surface area (Å²) in [5, 5.41) is 0. The molecule has 0 heterocycles. The molecule has 0 atom stereocenters. The molecule has 1 aliphatic carbocycles. The Morgan fingerprint density at radius 2 is 1.57 bits per heavy atom. The molecule has 2 nitrogen and oxygen atoms in total. The van der Waals surface area contributed by atoms with E-state index in [1.165, 1.54) is 43.9 Å². The van der Waals surface area contributed by atoms with E-state index in [0.717, 1.165) is 49.4 Å². The van der Waals surface area contributed by atoms with Gasteiger partial charge in [0.15, 0.2) is 0 Å². The van der Waals surface area contributed by atoms with Crippen LogP contribution < -0.4 is 4.74 Å². The number of halogens is 6. The first-order chi connectivity index (χ1) is 16.6. The summed E-state index contributed by atoms with van der Waals surface area (Å²) in [7, 11) is 0. The molecule has 8 heteroatoms. The van der Waals surface area contributed by atoms with Crippen LogP contribution in [0.2, 0.25) is 0 Å². The lowest BCUT2D eigenvalue weighted by Gasteiger charge is -2.29. The molecule has 3 rings (SSSR count). The summed E-state index contributed by atoms with van der Waals surface area (Å²) >= 11 is 0. The minimum absolute atomic E-state index is 0.0170. The number of hydrogen-bond donors (Lipinski definition) is 0. The van der Waals surface area contributed by atoms with Gasteiger partial charge in [0.2, 0.25) is 0 Å². The number of hydrogen-bond acceptors (Lipinski definition) is 2. The smallest absolute Gasteiger partial charge is 0.406 e. The van der Waals surface area contributed by atoms with Crippen molar-refractivity contribution in [3.63, 3.8) is 0 Å². The Labute approximate surface area is 202 Å². The fraction of sp³-hybridized carbons (Fsp3) is 0.556. The van der Waals surface area contributed by atoms with E-state index in [-0.39, 0.29) is 12.3 Å². The fourth-order valence-electron chi connectivity index (χ4n) is 4.72. The lowest BCUT2D eigenvalue weighted by Crippen LogP contribution is -2.22. The maximum atomic E-state index is 14.6. The largest absolute Gasteiger partial charge is 0.573 e. The molecule has 1 fully saturated rings. The molecule has 194 valence electrons. The van der Waals surface area contributed by atoms with Gasteiger partial charge in [0, 0.05) is 0 Å². The van der Waals surface area contributed by atoms with Crippen molar-refractivity contribution in [3.8, 4) is 5.75 Å². The van der Waals surface area contributed by atoms with Crippen LogP contribution in [0.1, 0.15) is 80.9 Å². The van der Waals surface area contributed by atoms with Crippen LogP contribution in [0, 0.1) is 11.7 Å². The zero-order chi connectivity index (χ0) is 25.5. The zero-order valence-electron chi connectivity index (χ0n) is 19.9. The molecule has 0 amide bonds. The van der Waals surface area contributed by atoms with Crippen LogP contribution in [0.5, 0.6) is 5.75 Å². The lowest BCUT2D eigenvalue weighted by atomic mass is 9.77. The second-order valence-electron chi connectivity index (χ2n) is 9.26. The van der Waals surface area contributed by atoms with Crippen molar-refractivity contribution in [3.05, 3.63) is 65.0 Å². The SMILES string of the molecule is CCCCC[C@H]1CC[C@H](c2ccc(C(F)(F)OCCc3ccc(OC(F)(F)F)cc3)c(F)c2)CC1. The Bertz CT molecular complexity index is 918. The van der Waals surface area contributed by atoms with Crippen molar-refractivity contribution >= 4 is 0 Å². The average Bonchev–Trinajstić information content (AvgIpc) is 2.79. The summed E-state index contributed by atoms with van der Waals surface area (Å²) in [5.41, 5.74) is 0.412. The highest BCUT2D eigenvalue weighted by atomic mass is 19.4. The summed E-state index contributed by atoms with van der Waals surface area (Å²) in [4.78, 5) is 0. The summed E-state index contributed by atoms with van der Waals surface area (Å²) in [6.07, 6.45) is 0.341. The topological polar surface area (TPSA) is 18.5 Å². The third-order valence-electron chi connectivity index (χ3n) is 6.67. The normalized spacial score (nSPS) is 19.1. The van der Waals surface area contributed by atoms with Gasteiger partial charge >= 0.3 is 12.5 Å². The van der Waals surface area contributed by atoms with Crippen molar-refractivity contribution < 1.29 is 35.8 Å². The first-order valence-electron chi connectivity index (χ1n) is 12.2. The van der Waals surface area contributed by atoms with Gasteiger partial charge < -0.3 is 9.47 Å². The van der Waals surface area contributed by atoms with E-state index >= 15 is 0 Å². The van der Waals surface area contributed by atoms with Crippen molar-refractivity contribution in [2.45, 2.75) is 83.1 Å². The van der Waals surface area contributed by atoms with Gasteiger partial charge in [0.1, 0.15) is 11.6 Å². The van der Waals surface area contributed by atoms with Gasteiger partial charge in [-0.3, -0.25) is 0 Å². The monoisotopic (exact) mass is 502 g/mol. The molecule has 2 aromatic rings. The van der Waals surface area contributed by atoms with Crippen LogP contribution in [0.15, 0.2) is 42.5 Å². The number of rotatable bonds is 11. The number of ether oxygens (including phenoxy) is 2. The molecule has 0 bridgehead atoms. The van der Waals surface area contributed by atoms with E-state index in [9.17, 15) is 26.3 Å². The Balaban J connectivity index is 1.51. The zero-order valence-corrected chi connectivity index (χ0v) is 19.9. The van der Waals surface area contributed by atoms with Crippen LogP contribution in [0.25, 0.3) is 0 Å². The molecule has 0 aliphatic heterocycles. The second-order valence-corrected chi connectivity index (χ2v) is 9.26. The van der Waals surface area contributed by atoms with E-state index < -0.39 is 36.2 Å². The number of unbranched alkanes of at least 4 members (excludes halogenated alkanes) is 2. The van der Waals surface area contributed by atoms with Crippen molar-refractivity contribution in [1.82, 2.24) is 0 Å². The molecule has 0 aromatic heterocycles. The van der Waals surface area contributed by atoms with Crippen LogP contribution in [-0.4, -0.2) is 13.0 Å². The van der Waals surface area contributed by atoms with Gasteiger partial charge in [-0.1, -0.05) is 50.8 Å². The molecule has 1 aliphatic rings. The molecule has 2 aromatic carbocycles. The Kier molecular flexibility index (Phi) is 9.50. The molecular weight excluding hydrogens is 470 g/mol. The molecule has 0 N–H and O–H groups in total. The molecule has 0 radical (unpaired) electrons. The third kappa shape index (κ3) is 8.44. The molecule has 0 spiro atoms. The van der Waals surface area contributed by atoms with E-state index in [1.807, 2.05) is 0 Å². The predicted molar refractivity (Wildman–Crippen MR) is 122 cm³/mol. The highest BCUT2D eigenvalue weighted by Crippen LogP contribution is 2.39. The van der Waals surface area contributed by atoms with Gasteiger partial charge in [0.25, 0.3) is 0 Å². The van der Waals surface area contributed by atoms with Crippen LogP contribution in [-0.2, 0) is 17.3 Å². The quantitative estimate of drug-likeness (QED) is 0.226. The minimum atomic E-state index is -4.81. The summed E-state index contributed by atoms with van der Waals surface area (Å²) < 4.78 is 88.8. The maximum Gasteiger partial charge on any atom is 0.573 e. The van der Waals surface area contributed by atoms with Crippen molar-refractivity contribution in [2.75, 3.05) is 6.61 Å². The first-order valence-corrected chi connectivity index (χ1v) is 12.2. The highest BCUT2D eigenvalue weighted by molar-refractivity contribution is 5.30. The number of alkyl halides is 5. The molecule has 35 heavy (non-hydrogen) atoms. The van der Waals surface area contributed by atoms with Crippen molar-refractivity contribution in [1.29, 1.82) is 0 Å². The van der Waals surface area contributed by atoms with E-state index in [1.54, 1.807) is 6.07 Å². The summed E-state index contributed by atoms with van der Waals surface area (Å²) in [6.45, 7) is 1.75. The van der Waals surface area contributed by atoms with Gasteiger partial charge in [0.05, 0.1) is 12.2 Å². The first kappa shape index (κ1) is 27.4. The molecule has 0 unspecified atom stereocenters. The molecular formula is C27H32F6O2. The second kappa shape index (κ2) is 12.2. The molecule has 0 saturated heterocycles. The number of benzene rings is 2. The van der Waals surface area contributed by atoms with Gasteiger partial charge in [-0.25, -0.2) is 4.39 Å². The van der Waals surface area contributed by atoms with E-state index in [2.05, 4.69) is 16.4 Å². The summed E-state index contributed by atoms with van der Waals surface area (Å²) in [6, 6.07) is 8.72. The van der Waals surface area contributed by atoms with Crippen LogP contribution in [0.4, 0.5) is 26.3 Å².